The Morgan fingerprint density at radius 1 is 1.48 bits per heavy atom. The Bertz CT molecular complexity index is 489. The molecule has 2 heterocycles. The molecule has 0 radical (unpaired) electrons. The van der Waals surface area contributed by atoms with Gasteiger partial charge in [-0.3, -0.25) is 4.21 Å². The number of nitrogens with zero attached hydrogens (tertiary/aromatic N) is 2. The summed E-state index contributed by atoms with van der Waals surface area (Å²) >= 11 is 1.44. The number of hydrogen-bond acceptors (Lipinski definition) is 5. The molecule has 21 heavy (non-hydrogen) atoms. The zero-order valence-corrected chi connectivity index (χ0v) is 14.3. The maximum absolute atomic E-state index is 12.1. The highest BCUT2D eigenvalue weighted by molar-refractivity contribution is 7.87. The Balaban J connectivity index is 1.78. The van der Waals surface area contributed by atoms with Crippen molar-refractivity contribution in [3.8, 4) is 0 Å². The topological polar surface area (TPSA) is 59.5 Å². The SMILES string of the molecule is CC(C)(C)OC(=O)N1CCC(C[S@](=O)c2nccs2)CC1. The van der Waals surface area contributed by atoms with Crippen LogP contribution in [0.5, 0.6) is 0 Å². The number of rotatable bonds is 3. The number of likely N-dealkylation sites (tertiary alicyclic amines) is 1. The van der Waals surface area contributed by atoms with Crippen LogP contribution in [-0.2, 0) is 15.5 Å². The first kappa shape index (κ1) is 16.4. The first-order valence-electron chi connectivity index (χ1n) is 7.11. The van der Waals surface area contributed by atoms with Crippen LogP contribution in [-0.4, -0.2) is 44.6 Å². The van der Waals surface area contributed by atoms with Gasteiger partial charge in [0.15, 0.2) is 4.34 Å². The molecule has 0 bridgehead atoms. The van der Waals surface area contributed by atoms with E-state index in [0.717, 1.165) is 12.8 Å². The number of thiazole rings is 1. The van der Waals surface area contributed by atoms with E-state index in [1.54, 1.807) is 11.1 Å². The molecule has 1 aliphatic heterocycles. The van der Waals surface area contributed by atoms with E-state index in [2.05, 4.69) is 4.98 Å². The molecule has 1 fully saturated rings. The van der Waals surface area contributed by atoms with Crippen molar-refractivity contribution in [1.29, 1.82) is 0 Å². The summed E-state index contributed by atoms with van der Waals surface area (Å²) in [6, 6.07) is 0. The molecular weight excluding hydrogens is 308 g/mol. The van der Waals surface area contributed by atoms with E-state index < -0.39 is 16.4 Å². The molecule has 1 atom stereocenters. The molecular formula is C14H22N2O3S2. The first-order chi connectivity index (χ1) is 9.85. The molecule has 1 aromatic heterocycles. The van der Waals surface area contributed by atoms with Crippen molar-refractivity contribution in [2.75, 3.05) is 18.8 Å². The smallest absolute Gasteiger partial charge is 0.410 e. The van der Waals surface area contributed by atoms with Gasteiger partial charge in [0.1, 0.15) is 5.60 Å². The fourth-order valence-electron chi connectivity index (χ4n) is 2.22. The van der Waals surface area contributed by atoms with Crippen LogP contribution >= 0.6 is 11.3 Å². The molecule has 0 aromatic carbocycles. The van der Waals surface area contributed by atoms with Gasteiger partial charge in [0, 0.05) is 30.4 Å². The fraction of sp³-hybridized carbons (Fsp3) is 0.714. The average molecular weight is 330 g/mol. The lowest BCUT2D eigenvalue weighted by Crippen LogP contribution is -2.42. The van der Waals surface area contributed by atoms with Gasteiger partial charge in [0.2, 0.25) is 0 Å². The Kier molecular flexibility index (Phi) is 5.37. The van der Waals surface area contributed by atoms with Gasteiger partial charge in [-0.2, -0.15) is 0 Å². The molecule has 2 rings (SSSR count). The highest BCUT2D eigenvalue weighted by Crippen LogP contribution is 2.22. The first-order valence-corrected chi connectivity index (χ1v) is 9.31. The quantitative estimate of drug-likeness (QED) is 0.855. The minimum Gasteiger partial charge on any atom is -0.444 e. The third-order valence-corrected chi connectivity index (χ3v) is 5.94. The van der Waals surface area contributed by atoms with Crippen molar-refractivity contribution in [3.05, 3.63) is 11.6 Å². The van der Waals surface area contributed by atoms with E-state index in [9.17, 15) is 9.00 Å². The lowest BCUT2D eigenvalue weighted by Gasteiger charge is -2.33. The number of carbonyl (C=O) groups excluding carboxylic acids is 1. The monoisotopic (exact) mass is 330 g/mol. The molecule has 0 saturated carbocycles. The number of aromatic nitrogens is 1. The molecule has 7 heteroatoms. The highest BCUT2D eigenvalue weighted by Gasteiger charge is 2.28. The molecule has 0 aliphatic carbocycles. The summed E-state index contributed by atoms with van der Waals surface area (Å²) in [4.78, 5) is 17.8. The Morgan fingerprint density at radius 2 is 2.14 bits per heavy atom. The summed E-state index contributed by atoms with van der Waals surface area (Å²) in [6.45, 7) is 6.96. The molecule has 1 aliphatic rings. The molecule has 0 spiro atoms. The van der Waals surface area contributed by atoms with Crippen molar-refractivity contribution >= 4 is 28.2 Å². The fourth-order valence-corrected chi connectivity index (χ4v) is 4.46. The van der Waals surface area contributed by atoms with Crippen LogP contribution in [0.3, 0.4) is 0 Å². The Hall–Kier alpha value is -0.950. The molecule has 1 aromatic rings. The normalized spacial score (nSPS) is 18.5. The van der Waals surface area contributed by atoms with Gasteiger partial charge in [-0.15, -0.1) is 11.3 Å². The van der Waals surface area contributed by atoms with Crippen molar-refractivity contribution < 1.29 is 13.7 Å². The third-order valence-electron chi connectivity index (χ3n) is 3.26. The summed E-state index contributed by atoms with van der Waals surface area (Å²) in [7, 11) is -1.01. The number of amides is 1. The highest BCUT2D eigenvalue weighted by atomic mass is 32.2. The van der Waals surface area contributed by atoms with E-state index in [-0.39, 0.29) is 6.09 Å². The minimum atomic E-state index is -1.01. The van der Waals surface area contributed by atoms with Crippen LogP contribution in [0.15, 0.2) is 15.9 Å². The van der Waals surface area contributed by atoms with Crippen LogP contribution in [0.2, 0.25) is 0 Å². The second-order valence-corrected chi connectivity index (χ2v) is 8.79. The van der Waals surface area contributed by atoms with Gasteiger partial charge in [0.05, 0.1) is 10.8 Å². The summed E-state index contributed by atoms with van der Waals surface area (Å²) < 4.78 is 18.2. The summed E-state index contributed by atoms with van der Waals surface area (Å²) in [5.41, 5.74) is -0.458. The lowest BCUT2D eigenvalue weighted by atomic mass is 9.99. The largest absolute Gasteiger partial charge is 0.444 e. The van der Waals surface area contributed by atoms with Crippen LogP contribution < -0.4 is 0 Å². The van der Waals surface area contributed by atoms with Crippen LogP contribution in [0.25, 0.3) is 0 Å². The molecule has 5 nitrogen and oxygen atoms in total. The van der Waals surface area contributed by atoms with Gasteiger partial charge in [0.25, 0.3) is 0 Å². The second-order valence-electron chi connectivity index (χ2n) is 6.22. The molecule has 118 valence electrons. The van der Waals surface area contributed by atoms with Crippen LogP contribution in [0, 0.1) is 5.92 Å². The van der Waals surface area contributed by atoms with Gasteiger partial charge in [-0.1, -0.05) is 0 Å². The van der Waals surface area contributed by atoms with Crippen molar-refractivity contribution in [1.82, 2.24) is 9.88 Å². The third kappa shape index (κ3) is 5.07. The van der Waals surface area contributed by atoms with Crippen LogP contribution in [0.4, 0.5) is 4.79 Å². The maximum atomic E-state index is 12.1. The molecule has 0 N–H and O–H groups in total. The van der Waals surface area contributed by atoms with E-state index in [0.29, 0.717) is 29.1 Å². The average Bonchev–Trinajstić information content (AvgIpc) is 2.91. The Labute approximate surface area is 132 Å². The van der Waals surface area contributed by atoms with E-state index >= 15 is 0 Å². The number of piperidine rings is 1. The predicted octanol–water partition coefficient (Wildman–Crippen LogP) is 2.90. The summed E-state index contributed by atoms with van der Waals surface area (Å²) in [5.74, 6) is 1.02. The van der Waals surface area contributed by atoms with Crippen molar-refractivity contribution in [3.63, 3.8) is 0 Å². The zero-order valence-electron chi connectivity index (χ0n) is 12.7. The number of ether oxygens (including phenoxy) is 1. The van der Waals surface area contributed by atoms with Crippen molar-refractivity contribution in [2.24, 2.45) is 5.92 Å². The molecule has 1 saturated heterocycles. The number of carbonyl (C=O) groups is 1. The molecule has 0 unspecified atom stereocenters. The van der Waals surface area contributed by atoms with Gasteiger partial charge >= 0.3 is 6.09 Å². The molecule has 1 amide bonds. The van der Waals surface area contributed by atoms with Crippen molar-refractivity contribution in [2.45, 2.75) is 43.6 Å². The number of hydrogen-bond donors (Lipinski definition) is 0. The maximum Gasteiger partial charge on any atom is 0.410 e. The van der Waals surface area contributed by atoms with E-state index in [4.69, 9.17) is 4.74 Å². The second kappa shape index (κ2) is 6.87. The van der Waals surface area contributed by atoms with Crippen LogP contribution in [0.1, 0.15) is 33.6 Å². The van der Waals surface area contributed by atoms with Gasteiger partial charge in [-0.05, 0) is 39.5 Å². The van der Waals surface area contributed by atoms with E-state index in [1.807, 2.05) is 26.2 Å². The Morgan fingerprint density at radius 3 is 2.67 bits per heavy atom. The summed E-state index contributed by atoms with van der Waals surface area (Å²) in [5, 5.41) is 1.85. The van der Waals surface area contributed by atoms with E-state index in [1.165, 1.54) is 11.3 Å². The van der Waals surface area contributed by atoms with Gasteiger partial charge in [-0.25, -0.2) is 9.78 Å². The van der Waals surface area contributed by atoms with Gasteiger partial charge < -0.3 is 9.64 Å². The minimum absolute atomic E-state index is 0.248. The standard InChI is InChI=1S/C14H22N2O3S2/c1-14(2,3)19-13(17)16-7-4-11(5-8-16)10-21(18)12-15-6-9-20-12/h6,9,11H,4-5,7-8,10H2,1-3H3/t21-/m0/s1. The lowest BCUT2D eigenvalue weighted by molar-refractivity contribution is 0.0191. The zero-order chi connectivity index (χ0) is 15.5. The summed E-state index contributed by atoms with van der Waals surface area (Å²) in [6.07, 6.45) is 3.18. The predicted molar refractivity (Wildman–Crippen MR) is 83.9 cm³/mol.